The summed E-state index contributed by atoms with van der Waals surface area (Å²) >= 11 is 1.20. The third-order valence-electron chi connectivity index (χ3n) is 2.75. The van der Waals surface area contributed by atoms with Crippen molar-refractivity contribution in [2.24, 2.45) is 0 Å². The molecule has 0 radical (unpaired) electrons. The van der Waals surface area contributed by atoms with Crippen LogP contribution in [-0.2, 0) is 4.79 Å². The number of anilines is 2. The number of likely N-dealkylation sites (N-methyl/N-ethyl adjacent to an activating group) is 1. The molecule has 0 unspecified atom stereocenters. The summed E-state index contributed by atoms with van der Waals surface area (Å²) in [6.45, 7) is 5.01. The van der Waals surface area contributed by atoms with E-state index < -0.39 is 0 Å². The third kappa shape index (κ3) is 3.83. The SMILES string of the molecule is CCN(CC)C(=O)CNC(=O)c1sc(N(C)C)nc1N. The van der Waals surface area contributed by atoms with Gasteiger partial charge in [0, 0.05) is 27.2 Å². The number of carbonyl (C=O) groups excluding carboxylic acids is 2. The van der Waals surface area contributed by atoms with E-state index in [1.807, 2.05) is 27.9 Å². The van der Waals surface area contributed by atoms with Gasteiger partial charge in [-0.15, -0.1) is 0 Å². The Labute approximate surface area is 122 Å². The highest BCUT2D eigenvalue weighted by Crippen LogP contribution is 2.26. The van der Waals surface area contributed by atoms with Crippen LogP contribution in [0.3, 0.4) is 0 Å². The lowest BCUT2D eigenvalue weighted by molar-refractivity contribution is -0.129. The van der Waals surface area contributed by atoms with Gasteiger partial charge in [0.1, 0.15) is 10.7 Å². The largest absolute Gasteiger partial charge is 0.382 e. The van der Waals surface area contributed by atoms with Crippen molar-refractivity contribution in [1.82, 2.24) is 15.2 Å². The van der Waals surface area contributed by atoms with Crippen molar-refractivity contribution in [2.45, 2.75) is 13.8 Å². The van der Waals surface area contributed by atoms with Gasteiger partial charge in [0.25, 0.3) is 5.91 Å². The summed E-state index contributed by atoms with van der Waals surface area (Å²) in [6, 6.07) is 0. The van der Waals surface area contributed by atoms with Crippen LogP contribution in [0.15, 0.2) is 0 Å². The highest BCUT2D eigenvalue weighted by atomic mass is 32.1. The Kier molecular flexibility index (Phi) is 5.75. The van der Waals surface area contributed by atoms with Gasteiger partial charge in [0.05, 0.1) is 6.54 Å². The highest BCUT2D eigenvalue weighted by Gasteiger charge is 2.18. The Hall–Kier alpha value is -1.83. The molecular weight excluding hydrogens is 278 g/mol. The first-order chi connectivity index (χ1) is 9.40. The number of nitrogen functional groups attached to an aromatic ring is 1. The predicted molar refractivity (Wildman–Crippen MR) is 81.1 cm³/mol. The summed E-state index contributed by atoms with van der Waals surface area (Å²) in [4.78, 5) is 31.7. The molecule has 0 aromatic carbocycles. The van der Waals surface area contributed by atoms with E-state index in [-0.39, 0.29) is 24.2 Å². The first-order valence-corrected chi connectivity index (χ1v) is 7.21. The van der Waals surface area contributed by atoms with Gasteiger partial charge in [-0.3, -0.25) is 9.59 Å². The Morgan fingerprint density at radius 3 is 2.35 bits per heavy atom. The number of amides is 2. The van der Waals surface area contributed by atoms with Crippen LogP contribution in [0.1, 0.15) is 23.5 Å². The van der Waals surface area contributed by atoms with Crippen LogP contribution in [0.5, 0.6) is 0 Å². The van der Waals surface area contributed by atoms with E-state index in [2.05, 4.69) is 10.3 Å². The van der Waals surface area contributed by atoms with Gasteiger partial charge < -0.3 is 20.9 Å². The monoisotopic (exact) mass is 299 g/mol. The van der Waals surface area contributed by atoms with Crippen LogP contribution >= 0.6 is 11.3 Å². The molecule has 0 saturated carbocycles. The standard InChI is InChI=1S/C12H21N5O2S/c1-5-17(6-2)8(18)7-14-11(19)9-10(13)15-12(20-9)16(3)4/h5-7,13H2,1-4H3,(H,14,19). The molecule has 0 saturated heterocycles. The lowest BCUT2D eigenvalue weighted by Crippen LogP contribution is -2.39. The fraction of sp³-hybridized carbons (Fsp3) is 0.583. The normalized spacial score (nSPS) is 10.2. The molecule has 0 atom stereocenters. The minimum atomic E-state index is -0.367. The van der Waals surface area contributed by atoms with Gasteiger partial charge in [-0.05, 0) is 13.8 Å². The van der Waals surface area contributed by atoms with Crippen molar-refractivity contribution < 1.29 is 9.59 Å². The van der Waals surface area contributed by atoms with E-state index in [0.29, 0.717) is 23.1 Å². The summed E-state index contributed by atoms with van der Waals surface area (Å²) in [6.07, 6.45) is 0. The molecule has 8 heteroatoms. The maximum Gasteiger partial charge on any atom is 0.265 e. The number of hydrogen-bond donors (Lipinski definition) is 2. The van der Waals surface area contributed by atoms with Crippen molar-refractivity contribution in [3.05, 3.63) is 4.88 Å². The first kappa shape index (κ1) is 16.2. The molecule has 1 heterocycles. The maximum absolute atomic E-state index is 12.0. The molecule has 0 bridgehead atoms. The van der Waals surface area contributed by atoms with E-state index in [0.717, 1.165) is 0 Å². The number of aromatic nitrogens is 1. The zero-order chi connectivity index (χ0) is 15.3. The molecule has 112 valence electrons. The second kappa shape index (κ2) is 7.09. The van der Waals surface area contributed by atoms with Gasteiger partial charge >= 0.3 is 0 Å². The fourth-order valence-corrected chi connectivity index (χ4v) is 2.42. The van der Waals surface area contributed by atoms with Crippen LogP contribution in [-0.4, -0.2) is 55.4 Å². The Morgan fingerprint density at radius 1 is 1.30 bits per heavy atom. The highest BCUT2D eigenvalue weighted by molar-refractivity contribution is 7.18. The molecule has 7 nitrogen and oxygen atoms in total. The maximum atomic E-state index is 12.0. The average Bonchev–Trinajstić information content (AvgIpc) is 2.80. The Balaban J connectivity index is 2.66. The van der Waals surface area contributed by atoms with Crippen LogP contribution in [0, 0.1) is 0 Å². The number of hydrogen-bond acceptors (Lipinski definition) is 6. The molecule has 1 aromatic rings. The second-order valence-electron chi connectivity index (χ2n) is 4.35. The Morgan fingerprint density at radius 2 is 1.90 bits per heavy atom. The van der Waals surface area contributed by atoms with Crippen LogP contribution in [0.25, 0.3) is 0 Å². The van der Waals surface area contributed by atoms with Crippen LogP contribution in [0.2, 0.25) is 0 Å². The third-order valence-corrected chi connectivity index (χ3v) is 3.98. The predicted octanol–water partition coefficient (Wildman–Crippen LogP) is 0.390. The lowest BCUT2D eigenvalue weighted by Gasteiger charge is -2.18. The summed E-state index contributed by atoms with van der Waals surface area (Å²) in [5.74, 6) is -0.292. The number of nitrogens with two attached hydrogens (primary N) is 1. The minimum absolute atomic E-state index is 0.0326. The second-order valence-corrected chi connectivity index (χ2v) is 5.33. The van der Waals surface area contributed by atoms with Crippen molar-refractivity contribution in [2.75, 3.05) is 44.4 Å². The average molecular weight is 299 g/mol. The first-order valence-electron chi connectivity index (χ1n) is 6.40. The van der Waals surface area contributed by atoms with Crippen molar-refractivity contribution >= 4 is 34.1 Å². The summed E-state index contributed by atoms with van der Waals surface area (Å²) < 4.78 is 0. The topological polar surface area (TPSA) is 91.6 Å². The van der Waals surface area contributed by atoms with E-state index in [1.165, 1.54) is 11.3 Å². The number of thiazole rings is 1. The molecular formula is C12H21N5O2S. The van der Waals surface area contributed by atoms with E-state index in [4.69, 9.17) is 5.73 Å². The number of carbonyl (C=O) groups is 2. The van der Waals surface area contributed by atoms with Crippen LogP contribution < -0.4 is 16.0 Å². The van der Waals surface area contributed by atoms with Crippen molar-refractivity contribution in [3.63, 3.8) is 0 Å². The molecule has 0 aliphatic carbocycles. The van der Waals surface area contributed by atoms with Crippen LogP contribution in [0.4, 0.5) is 10.9 Å². The molecule has 3 N–H and O–H groups in total. The summed E-state index contributed by atoms with van der Waals surface area (Å²) in [5.41, 5.74) is 5.72. The zero-order valence-electron chi connectivity index (χ0n) is 12.3. The van der Waals surface area contributed by atoms with Gasteiger partial charge in [0.2, 0.25) is 5.91 Å². The van der Waals surface area contributed by atoms with Gasteiger partial charge in [-0.1, -0.05) is 11.3 Å². The van der Waals surface area contributed by atoms with Gasteiger partial charge in [-0.2, -0.15) is 0 Å². The lowest BCUT2D eigenvalue weighted by atomic mass is 10.4. The molecule has 1 rings (SSSR count). The molecule has 0 aliphatic rings. The summed E-state index contributed by atoms with van der Waals surface area (Å²) in [7, 11) is 3.65. The zero-order valence-corrected chi connectivity index (χ0v) is 13.1. The van der Waals surface area contributed by atoms with Crippen molar-refractivity contribution in [3.8, 4) is 0 Å². The van der Waals surface area contributed by atoms with E-state index in [9.17, 15) is 9.59 Å². The molecule has 0 aliphatic heterocycles. The van der Waals surface area contributed by atoms with Gasteiger partial charge in [-0.25, -0.2) is 4.98 Å². The molecule has 0 spiro atoms. The minimum Gasteiger partial charge on any atom is -0.382 e. The number of nitrogens with zero attached hydrogens (tertiary/aromatic N) is 3. The smallest absolute Gasteiger partial charge is 0.265 e. The Bertz CT molecular complexity index is 482. The quantitative estimate of drug-likeness (QED) is 0.793. The molecule has 20 heavy (non-hydrogen) atoms. The molecule has 1 aromatic heterocycles. The summed E-state index contributed by atoms with van der Waals surface area (Å²) in [5, 5.41) is 3.24. The molecule has 2 amide bonds. The van der Waals surface area contributed by atoms with E-state index >= 15 is 0 Å². The van der Waals surface area contributed by atoms with Crippen molar-refractivity contribution in [1.29, 1.82) is 0 Å². The van der Waals surface area contributed by atoms with E-state index in [1.54, 1.807) is 9.80 Å². The fourth-order valence-electron chi connectivity index (χ4n) is 1.60. The van der Waals surface area contributed by atoms with Gasteiger partial charge in [0.15, 0.2) is 5.13 Å². The molecule has 0 fully saturated rings. The number of nitrogens with one attached hydrogen (secondary N) is 1. The number of rotatable bonds is 6.